The highest BCUT2D eigenvalue weighted by molar-refractivity contribution is 5.50. The highest BCUT2D eigenvalue weighted by Crippen LogP contribution is 2.38. The largest absolute Gasteiger partial charge is 0.501 e. The molecule has 3 N–H and O–H groups in total. The van der Waals surface area contributed by atoms with E-state index in [0.29, 0.717) is 0 Å². The SMILES string of the molecule is O=c1oc(O)c(O)c(O)c1OCc1ccccc1. The van der Waals surface area contributed by atoms with Gasteiger partial charge in [0.2, 0.25) is 11.5 Å². The third-order valence-corrected chi connectivity index (χ3v) is 2.24. The molecular formula is C12H10O6. The van der Waals surface area contributed by atoms with Crippen LogP contribution >= 0.6 is 0 Å². The van der Waals surface area contributed by atoms with E-state index in [1.807, 2.05) is 6.07 Å². The molecule has 2 rings (SSSR count). The van der Waals surface area contributed by atoms with Crippen LogP contribution in [0.3, 0.4) is 0 Å². The van der Waals surface area contributed by atoms with Crippen molar-refractivity contribution in [1.29, 1.82) is 0 Å². The maximum atomic E-state index is 11.3. The van der Waals surface area contributed by atoms with Gasteiger partial charge in [-0.3, -0.25) is 0 Å². The van der Waals surface area contributed by atoms with Gasteiger partial charge >= 0.3 is 11.6 Å². The molecule has 6 heteroatoms. The Bertz CT molecular complexity index is 602. The predicted octanol–water partition coefficient (Wildman–Crippen LogP) is 1.34. The average Bonchev–Trinajstić information content (AvgIpc) is 2.37. The summed E-state index contributed by atoms with van der Waals surface area (Å²) in [6.07, 6.45) is 0. The monoisotopic (exact) mass is 250 g/mol. The zero-order valence-electron chi connectivity index (χ0n) is 9.16. The number of aromatic hydroxyl groups is 3. The van der Waals surface area contributed by atoms with E-state index in [-0.39, 0.29) is 6.61 Å². The first-order valence-corrected chi connectivity index (χ1v) is 5.04. The van der Waals surface area contributed by atoms with Crippen LogP contribution in [0.2, 0.25) is 0 Å². The third-order valence-electron chi connectivity index (χ3n) is 2.24. The normalized spacial score (nSPS) is 10.2. The van der Waals surface area contributed by atoms with Crippen LogP contribution in [-0.2, 0) is 6.61 Å². The molecule has 0 unspecified atom stereocenters. The van der Waals surface area contributed by atoms with E-state index in [1.165, 1.54) is 0 Å². The van der Waals surface area contributed by atoms with Gasteiger partial charge in [-0.2, -0.15) is 0 Å². The Morgan fingerprint density at radius 1 is 1.06 bits per heavy atom. The summed E-state index contributed by atoms with van der Waals surface area (Å²) in [6.45, 7) is 0.0172. The highest BCUT2D eigenvalue weighted by Gasteiger charge is 2.19. The van der Waals surface area contributed by atoms with E-state index in [4.69, 9.17) is 9.84 Å². The molecule has 0 bridgehead atoms. The number of hydrogen-bond acceptors (Lipinski definition) is 6. The fourth-order valence-electron chi connectivity index (χ4n) is 1.35. The molecule has 1 aromatic carbocycles. The van der Waals surface area contributed by atoms with E-state index in [1.54, 1.807) is 24.3 Å². The number of ether oxygens (including phenoxy) is 1. The minimum Gasteiger partial charge on any atom is -0.501 e. The van der Waals surface area contributed by atoms with Crippen molar-refractivity contribution in [2.75, 3.05) is 0 Å². The molecule has 0 fully saturated rings. The fourth-order valence-corrected chi connectivity index (χ4v) is 1.35. The van der Waals surface area contributed by atoms with Gasteiger partial charge in [-0.15, -0.1) is 0 Å². The van der Waals surface area contributed by atoms with Crippen molar-refractivity contribution in [2.45, 2.75) is 6.61 Å². The van der Waals surface area contributed by atoms with Crippen LogP contribution in [0.5, 0.6) is 23.2 Å². The Kier molecular flexibility index (Phi) is 3.09. The van der Waals surface area contributed by atoms with E-state index in [0.717, 1.165) is 5.56 Å². The molecule has 0 aliphatic rings. The minimum atomic E-state index is -1.07. The molecule has 0 spiro atoms. The van der Waals surface area contributed by atoms with Crippen molar-refractivity contribution in [1.82, 2.24) is 0 Å². The zero-order valence-corrected chi connectivity index (χ0v) is 9.16. The van der Waals surface area contributed by atoms with Crippen molar-refractivity contribution in [3.05, 3.63) is 46.3 Å². The van der Waals surface area contributed by atoms with Crippen molar-refractivity contribution in [3.8, 4) is 23.2 Å². The summed E-state index contributed by atoms with van der Waals surface area (Å²) in [6, 6.07) is 8.92. The number of hydrogen-bond donors (Lipinski definition) is 3. The van der Waals surface area contributed by atoms with Gasteiger partial charge in [-0.05, 0) is 5.56 Å². The van der Waals surface area contributed by atoms with Gasteiger partial charge in [0.1, 0.15) is 6.61 Å². The van der Waals surface area contributed by atoms with E-state index in [2.05, 4.69) is 4.42 Å². The molecule has 0 saturated carbocycles. The van der Waals surface area contributed by atoms with Crippen molar-refractivity contribution in [3.63, 3.8) is 0 Å². The van der Waals surface area contributed by atoms with Gasteiger partial charge in [0.05, 0.1) is 0 Å². The van der Waals surface area contributed by atoms with E-state index in [9.17, 15) is 15.0 Å². The van der Waals surface area contributed by atoms with Crippen LogP contribution in [0.25, 0.3) is 0 Å². The minimum absolute atomic E-state index is 0.0172. The fraction of sp³-hybridized carbons (Fsp3) is 0.0833. The Labute approximate surface area is 101 Å². The molecular weight excluding hydrogens is 240 g/mol. The van der Waals surface area contributed by atoms with Crippen molar-refractivity contribution < 1.29 is 24.5 Å². The summed E-state index contributed by atoms with van der Waals surface area (Å²) in [5, 5.41) is 27.6. The maximum Gasteiger partial charge on any atom is 0.385 e. The smallest absolute Gasteiger partial charge is 0.385 e. The van der Waals surface area contributed by atoms with Crippen LogP contribution in [0.1, 0.15) is 5.56 Å². The lowest BCUT2D eigenvalue weighted by atomic mass is 10.2. The number of benzene rings is 1. The quantitative estimate of drug-likeness (QED) is 0.760. The van der Waals surface area contributed by atoms with Gasteiger partial charge in [0, 0.05) is 0 Å². The lowest BCUT2D eigenvalue weighted by molar-refractivity contribution is 0.227. The topological polar surface area (TPSA) is 100 Å². The molecule has 0 saturated heterocycles. The maximum absolute atomic E-state index is 11.3. The molecule has 0 aliphatic carbocycles. The van der Waals surface area contributed by atoms with Crippen LogP contribution in [-0.4, -0.2) is 15.3 Å². The summed E-state index contributed by atoms with van der Waals surface area (Å²) >= 11 is 0. The molecule has 0 amide bonds. The van der Waals surface area contributed by atoms with Gasteiger partial charge < -0.3 is 24.5 Å². The van der Waals surface area contributed by atoms with Gasteiger partial charge in [-0.25, -0.2) is 4.79 Å². The molecule has 94 valence electrons. The van der Waals surface area contributed by atoms with Crippen LogP contribution < -0.4 is 10.4 Å². The molecule has 6 nitrogen and oxygen atoms in total. The standard InChI is InChI=1S/C12H10O6/c13-8-9(14)11(15)18-12(16)10(8)17-6-7-4-2-1-3-5-7/h1-5,13-15H,6H2. The van der Waals surface area contributed by atoms with E-state index >= 15 is 0 Å². The molecule has 0 radical (unpaired) electrons. The number of rotatable bonds is 3. The van der Waals surface area contributed by atoms with Crippen molar-refractivity contribution >= 4 is 0 Å². The second-order valence-corrected chi connectivity index (χ2v) is 3.50. The summed E-state index contributed by atoms with van der Waals surface area (Å²) < 4.78 is 9.34. The lowest BCUT2D eigenvalue weighted by Gasteiger charge is -2.07. The van der Waals surface area contributed by atoms with Crippen LogP contribution in [0.15, 0.2) is 39.5 Å². The predicted molar refractivity (Wildman–Crippen MR) is 60.7 cm³/mol. The van der Waals surface area contributed by atoms with Gasteiger partial charge in [0.25, 0.3) is 5.75 Å². The Balaban J connectivity index is 2.25. The Hall–Kier alpha value is -2.63. The second kappa shape index (κ2) is 4.70. The van der Waals surface area contributed by atoms with Gasteiger partial charge in [0.15, 0.2) is 0 Å². The highest BCUT2D eigenvalue weighted by atomic mass is 16.5. The van der Waals surface area contributed by atoms with Gasteiger partial charge in [-0.1, -0.05) is 30.3 Å². The van der Waals surface area contributed by atoms with Crippen LogP contribution in [0.4, 0.5) is 0 Å². The summed E-state index contributed by atoms with van der Waals surface area (Å²) in [4.78, 5) is 11.3. The Morgan fingerprint density at radius 3 is 2.39 bits per heavy atom. The Morgan fingerprint density at radius 2 is 1.72 bits per heavy atom. The molecule has 0 aliphatic heterocycles. The average molecular weight is 250 g/mol. The molecule has 18 heavy (non-hydrogen) atoms. The third kappa shape index (κ3) is 2.22. The summed E-state index contributed by atoms with van der Waals surface area (Å²) in [7, 11) is 0. The molecule has 1 heterocycles. The van der Waals surface area contributed by atoms with Crippen molar-refractivity contribution in [2.24, 2.45) is 0 Å². The molecule has 0 atom stereocenters. The first kappa shape index (κ1) is 11.8. The lowest BCUT2D eigenvalue weighted by Crippen LogP contribution is -2.07. The second-order valence-electron chi connectivity index (χ2n) is 3.50. The first-order valence-electron chi connectivity index (χ1n) is 5.04. The summed E-state index contributed by atoms with van der Waals surface area (Å²) in [5.41, 5.74) is -0.303. The zero-order chi connectivity index (χ0) is 13.1. The molecule has 2 aromatic rings. The molecule has 1 aromatic heterocycles. The first-order chi connectivity index (χ1) is 8.59. The van der Waals surface area contributed by atoms with Crippen LogP contribution in [0, 0.1) is 0 Å². The summed E-state index contributed by atoms with van der Waals surface area (Å²) in [5.74, 6) is -3.38. The van der Waals surface area contributed by atoms with E-state index < -0.39 is 28.8 Å².